The fraction of sp³-hybridized carbons (Fsp3) is 0.933. The minimum Gasteiger partial charge on any atom is -0.342 e. The first-order valence-electron chi connectivity index (χ1n) is 7.60. The maximum atomic E-state index is 12.6. The zero-order valence-corrected chi connectivity index (χ0v) is 12.0. The van der Waals surface area contributed by atoms with Crippen molar-refractivity contribution < 1.29 is 4.79 Å². The van der Waals surface area contributed by atoms with Gasteiger partial charge in [-0.2, -0.15) is 0 Å². The molecule has 2 fully saturated rings. The van der Waals surface area contributed by atoms with Crippen molar-refractivity contribution >= 4 is 5.91 Å². The third-order valence-electron chi connectivity index (χ3n) is 4.87. The van der Waals surface area contributed by atoms with Gasteiger partial charge in [0.15, 0.2) is 0 Å². The lowest BCUT2D eigenvalue weighted by Gasteiger charge is -2.40. The van der Waals surface area contributed by atoms with Crippen LogP contribution in [0.5, 0.6) is 0 Å². The summed E-state index contributed by atoms with van der Waals surface area (Å²) in [5.74, 6) is 1.20. The number of rotatable bonds is 3. The Kier molecular flexibility index (Phi) is 4.66. The molecule has 1 saturated heterocycles. The fourth-order valence-corrected chi connectivity index (χ4v) is 3.56. The van der Waals surface area contributed by atoms with Gasteiger partial charge in [0, 0.05) is 18.5 Å². The first-order chi connectivity index (χ1) is 8.65. The summed E-state index contributed by atoms with van der Waals surface area (Å²) in [6.07, 6.45) is 8.32. The first-order valence-corrected chi connectivity index (χ1v) is 7.60. The summed E-state index contributed by atoms with van der Waals surface area (Å²) in [6, 6.07) is 0. The van der Waals surface area contributed by atoms with Crippen LogP contribution in [-0.2, 0) is 4.79 Å². The SMILES string of the molecule is CNCC1CCN(C(=O)C2(C)CCCCC2)CC1. The largest absolute Gasteiger partial charge is 0.342 e. The highest BCUT2D eigenvalue weighted by atomic mass is 16.2. The minimum absolute atomic E-state index is 0.0475. The number of piperidine rings is 1. The number of carbonyl (C=O) groups is 1. The van der Waals surface area contributed by atoms with Crippen molar-refractivity contribution in [3.05, 3.63) is 0 Å². The molecule has 1 aliphatic carbocycles. The van der Waals surface area contributed by atoms with Gasteiger partial charge in [0.1, 0.15) is 0 Å². The van der Waals surface area contributed by atoms with Crippen LogP contribution in [0.3, 0.4) is 0 Å². The molecular weight excluding hydrogens is 224 g/mol. The van der Waals surface area contributed by atoms with Gasteiger partial charge < -0.3 is 10.2 Å². The average Bonchev–Trinajstić information content (AvgIpc) is 2.40. The Morgan fingerprint density at radius 3 is 2.39 bits per heavy atom. The molecule has 18 heavy (non-hydrogen) atoms. The van der Waals surface area contributed by atoms with E-state index in [0.29, 0.717) is 5.91 Å². The van der Waals surface area contributed by atoms with E-state index >= 15 is 0 Å². The Morgan fingerprint density at radius 2 is 1.83 bits per heavy atom. The topological polar surface area (TPSA) is 32.3 Å². The lowest BCUT2D eigenvalue weighted by Crippen LogP contribution is -2.47. The van der Waals surface area contributed by atoms with E-state index in [1.165, 1.54) is 32.1 Å². The van der Waals surface area contributed by atoms with Gasteiger partial charge in [0.2, 0.25) is 5.91 Å². The highest BCUT2D eigenvalue weighted by Gasteiger charge is 2.38. The Hall–Kier alpha value is -0.570. The second kappa shape index (κ2) is 6.05. The van der Waals surface area contributed by atoms with Crippen LogP contribution in [-0.4, -0.2) is 37.5 Å². The first kappa shape index (κ1) is 13.9. The predicted octanol–water partition coefficient (Wildman–Crippen LogP) is 2.41. The standard InChI is InChI=1S/C15H28N2O/c1-15(8-4-3-5-9-15)14(18)17-10-6-13(7-11-17)12-16-2/h13,16H,3-12H2,1-2H3. The zero-order valence-electron chi connectivity index (χ0n) is 12.0. The van der Waals surface area contributed by atoms with E-state index in [9.17, 15) is 4.79 Å². The van der Waals surface area contributed by atoms with Crippen molar-refractivity contribution in [1.29, 1.82) is 0 Å². The molecule has 0 spiro atoms. The lowest BCUT2D eigenvalue weighted by molar-refractivity contribution is -0.144. The molecule has 0 aromatic rings. The van der Waals surface area contributed by atoms with E-state index in [2.05, 4.69) is 17.1 Å². The van der Waals surface area contributed by atoms with Crippen LogP contribution in [0.2, 0.25) is 0 Å². The average molecular weight is 252 g/mol. The van der Waals surface area contributed by atoms with Crippen LogP contribution in [0.15, 0.2) is 0 Å². The second-order valence-electron chi connectivity index (χ2n) is 6.41. The number of nitrogens with zero attached hydrogens (tertiary/aromatic N) is 1. The lowest BCUT2D eigenvalue weighted by atomic mass is 9.74. The van der Waals surface area contributed by atoms with Crippen LogP contribution < -0.4 is 5.32 Å². The number of carbonyl (C=O) groups excluding carboxylic acids is 1. The van der Waals surface area contributed by atoms with Gasteiger partial charge in [-0.1, -0.05) is 26.2 Å². The molecule has 0 unspecified atom stereocenters. The zero-order chi connectivity index (χ0) is 13.0. The predicted molar refractivity (Wildman–Crippen MR) is 74.4 cm³/mol. The minimum atomic E-state index is -0.0475. The quantitative estimate of drug-likeness (QED) is 0.836. The Bertz CT molecular complexity index is 276. The van der Waals surface area contributed by atoms with E-state index in [1.807, 2.05) is 7.05 Å². The molecule has 0 aromatic heterocycles. The number of hydrogen-bond donors (Lipinski definition) is 1. The maximum Gasteiger partial charge on any atom is 0.228 e. The van der Waals surface area contributed by atoms with Crippen LogP contribution >= 0.6 is 0 Å². The van der Waals surface area contributed by atoms with Gasteiger partial charge in [-0.05, 0) is 45.2 Å². The van der Waals surface area contributed by atoms with Crippen molar-refractivity contribution in [3.63, 3.8) is 0 Å². The van der Waals surface area contributed by atoms with Gasteiger partial charge in [0.05, 0.1) is 0 Å². The van der Waals surface area contributed by atoms with Crippen LogP contribution in [0.4, 0.5) is 0 Å². The smallest absolute Gasteiger partial charge is 0.228 e. The molecule has 1 aliphatic heterocycles. The maximum absolute atomic E-state index is 12.6. The molecule has 3 nitrogen and oxygen atoms in total. The number of amides is 1. The molecule has 0 atom stereocenters. The molecule has 1 amide bonds. The molecule has 0 aromatic carbocycles. The molecule has 1 saturated carbocycles. The summed E-state index contributed by atoms with van der Waals surface area (Å²) < 4.78 is 0. The van der Waals surface area contributed by atoms with Crippen LogP contribution in [0, 0.1) is 11.3 Å². The molecule has 2 aliphatic rings. The molecule has 1 heterocycles. The molecule has 104 valence electrons. The van der Waals surface area contributed by atoms with Crippen molar-refractivity contribution in [2.24, 2.45) is 11.3 Å². The van der Waals surface area contributed by atoms with Crippen molar-refractivity contribution in [1.82, 2.24) is 10.2 Å². The molecule has 2 rings (SSSR count). The summed E-state index contributed by atoms with van der Waals surface area (Å²) in [5, 5.41) is 3.25. The van der Waals surface area contributed by atoms with Gasteiger partial charge in [-0.3, -0.25) is 4.79 Å². The highest BCUT2D eigenvalue weighted by molar-refractivity contribution is 5.82. The third kappa shape index (κ3) is 3.05. The molecule has 0 bridgehead atoms. The van der Waals surface area contributed by atoms with Gasteiger partial charge in [-0.25, -0.2) is 0 Å². The van der Waals surface area contributed by atoms with E-state index < -0.39 is 0 Å². The molecule has 3 heteroatoms. The Balaban J connectivity index is 1.86. The second-order valence-corrected chi connectivity index (χ2v) is 6.41. The van der Waals surface area contributed by atoms with Gasteiger partial charge in [-0.15, -0.1) is 0 Å². The summed E-state index contributed by atoms with van der Waals surface area (Å²) in [5.41, 5.74) is -0.0475. The number of hydrogen-bond acceptors (Lipinski definition) is 2. The normalized spacial score (nSPS) is 25.1. The Morgan fingerprint density at radius 1 is 1.22 bits per heavy atom. The van der Waals surface area contributed by atoms with E-state index in [0.717, 1.165) is 38.4 Å². The van der Waals surface area contributed by atoms with Gasteiger partial charge in [0.25, 0.3) is 0 Å². The summed E-state index contributed by atoms with van der Waals surface area (Å²) in [7, 11) is 2.01. The van der Waals surface area contributed by atoms with Crippen molar-refractivity contribution in [2.45, 2.75) is 51.9 Å². The summed E-state index contributed by atoms with van der Waals surface area (Å²) >= 11 is 0. The summed E-state index contributed by atoms with van der Waals surface area (Å²) in [4.78, 5) is 14.8. The van der Waals surface area contributed by atoms with E-state index in [-0.39, 0.29) is 5.41 Å². The molecule has 0 radical (unpaired) electrons. The monoisotopic (exact) mass is 252 g/mol. The van der Waals surface area contributed by atoms with Crippen LogP contribution in [0.25, 0.3) is 0 Å². The highest BCUT2D eigenvalue weighted by Crippen LogP contribution is 2.38. The summed E-state index contributed by atoms with van der Waals surface area (Å²) in [6.45, 7) is 5.23. The Labute approximate surface area is 111 Å². The van der Waals surface area contributed by atoms with E-state index in [1.54, 1.807) is 0 Å². The molecular formula is C15H28N2O. The number of likely N-dealkylation sites (tertiary alicyclic amines) is 1. The molecule has 1 N–H and O–H groups in total. The van der Waals surface area contributed by atoms with Crippen LogP contribution in [0.1, 0.15) is 51.9 Å². The van der Waals surface area contributed by atoms with Gasteiger partial charge >= 0.3 is 0 Å². The fourth-order valence-electron chi connectivity index (χ4n) is 3.56. The van der Waals surface area contributed by atoms with Crippen molar-refractivity contribution in [3.8, 4) is 0 Å². The van der Waals surface area contributed by atoms with E-state index in [4.69, 9.17) is 0 Å². The number of nitrogens with one attached hydrogen (secondary N) is 1. The third-order valence-corrected chi connectivity index (χ3v) is 4.87. The van der Waals surface area contributed by atoms with Crippen molar-refractivity contribution in [2.75, 3.05) is 26.7 Å².